The van der Waals surface area contributed by atoms with Crippen LogP contribution in [0.5, 0.6) is 0 Å². The van der Waals surface area contributed by atoms with Gasteiger partial charge in [-0.3, -0.25) is 4.79 Å². The standard InChI is InChI=1S/C16H23NO3S/c1-10-11(2)21-15(17-12(3)18)14(10)16(19)20-9-13-7-5-4-6-8-13/h13H,4-9H2,1-3H3,(H,17,18). The highest BCUT2D eigenvalue weighted by molar-refractivity contribution is 7.16. The fraction of sp³-hybridized carbons (Fsp3) is 0.625. The highest BCUT2D eigenvalue weighted by Gasteiger charge is 2.23. The van der Waals surface area contributed by atoms with Crippen molar-refractivity contribution >= 4 is 28.2 Å². The quantitative estimate of drug-likeness (QED) is 0.853. The van der Waals surface area contributed by atoms with Gasteiger partial charge in [0.2, 0.25) is 5.91 Å². The van der Waals surface area contributed by atoms with Gasteiger partial charge in [0, 0.05) is 11.8 Å². The van der Waals surface area contributed by atoms with E-state index in [-0.39, 0.29) is 11.9 Å². The zero-order valence-corrected chi connectivity index (χ0v) is 13.8. The Labute approximate surface area is 129 Å². The maximum absolute atomic E-state index is 12.4. The number of rotatable bonds is 4. The molecule has 1 saturated carbocycles. The predicted octanol–water partition coefficient (Wildman–Crippen LogP) is 4.06. The Morgan fingerprint density at radius 3 is 2.52 bits per heavy atom. The molecule has 0 atom stereocenters. The summed E-state index contributed by atoms with van der Waals surface area (Å²) in [5.41, 5.74) is 1.42. The van der Waals surface area contributed by atoms with Crippen molar-refractivity contribution in [2.24, 2.45) is 5.92 Å². The number of ether oxygens (including phenoxy) is 1. The lowest BCUT2D eigenvalue weighted by atomic mass is 9.90. The van der Waals surface area contributed by atoms with Crippen molar-refractivity contribution in [3.8, 4) is 0 Å². The minimum atomic E-state index is -0.314. The highest BCUT2D eigenvalue weighted by atomic mass is 32.1. The fourth-order valence-electron chi connectivity index (χ4n) is 2.74. The molecule has 1 fully saturated rings. The van der Waals surface area contributed by atoms with Crippen LogP contribution in [0.15, 0.2) is 0 Å². The third-order valence-corrected chi connectivity index (χ3v) is 5.18. The maximum Gasteiger partial charge on any atom is 0.341 e. The molecule has 0 bridgehead atoms. The predicted molar refractivity (Wildman–Crippen MR) is 85.0 cm³/mol. The molecule has 0 unspecified atom stereocenters. The summed E-state index contributed by atoms with van der Waals surface area (Å²) >= 11 is 1.43. The molecule has 1 aliphatic rings. The summed E-state index contributed by atoms with van der Waals surface area (Å²) in [7, 11) is 0. The van der Waals surface area contributed by atoms with E-state index in [0.717, 1.165) is 23.3 Å². The second-order valence-electron chi connectivity index (χ2n) is 5.77. The first-order chi connectivity index (χ1) is 9.99. The average molecular weight is 309 g/mol. The van der Waals surface area contributed by atoms with Gasteiger partial charge >= 0.3 is 5.97 Å². The van der Waals surface area contributed by atoms with E-state index in [1.54, 1.807) is 0 Å². The monoisotopic (exact) mass is 309 g/mol. The summed E-state index contributed by atoms with van der Waals surface area (Å²) in [6, 6.07) is 0. The van der Waals surface area contributed by atoms with Gasteiger partial charge in [-0.2, -0.15) is 0 Å². The molecule has 1 aliphatic carbocycles. The number of anilines is 1. The van der Waals surface area contributed by atoms with E-state index < -0.39 is 0 Å². The minimum absolute atomic E-state index is 0.169. The van der Waals surface area contributed by atoms with E-state index in [1.165, 1.54) is 37.5 Å². The molecule has 1 heterocycles. The summed E-state index contributed by atoms with van der Waals surface area (Å²) < 4.78 is 5.50. The first kappa shape index (κ1) is 16.0. The number of amides is 1. The second kappa shape index (κ2) is 7.07. The number of hydrogen-bond acceptors (Lipinski definition) is 4. The fourth-order valence-corrected chi connectivity index (χ4v) is 3.83. The van der Waals surface area contributed by atoms with Crippen LogP contribution in [0.2, 0.25) is 0 Å². The van der Waals surface area contributed by atoms with Crippen molar-refractivity contribution in [3.05, 3.63) is 16.0 Å². The van der Waals surface area contributed by atoms with E-state index in [0.29, 0.717) is 23.1 Å². The molecule has 1 amide bonds. The van der Waals surface area contributed by atoms with Crippen LogP contribution in [0.3, 0.4) is 0 Å². The summed E-state index contributed by atoms with van der Waals surface area (Å²) in [6.07, 6.45) is 6.05. The molecule has 0 spiro atoms. The molecule has 116 valence electrons. The van der Waals surface area contributed by atoms with Crippen molar-refractivity contribution in [3.63, 3.8) is 0 Å². The van der Waals surface area contributed by atoms with E-state index in [9.17, 15) is 9.59 Å². The number of hydrogen-bond donors (Lipinski definition) is 1. The van der Waals surface area contributed by atoms with Gasteiger partial charge in [0.25, 0.3) is 0 Å². The van der Waals surface area contributed by atoms with Gasteiger partial charge in [0.05, 0.1) is 12.2 Å². The van der Waals surface area contributed by atoms with E-state index in [4.69, 9.17) is 4.74 Å². The first-order valence-corrected chi connectivity index (χ1v) is 8.35. The Morgan fingerprint density at radius 2 is 1.90 bits per heavy atom. The number of carbonyl (C=O) groups excluding carboxylic acids is 2. The number of aryl methyl sites for hydroxylation is 1. The molecule has 0 aliphatic heterocycles. The first-order valence-electron chi connectivity index (χ1n) is 7.53. The lowest BCUT2D eigenvalue weighted by Gasteiger charge is -2.21. The highest BCUT2D eigenvalue weighted by Crippen LogP contribution is 2.33. The van der Waals surface area contributed by atoms with Crippen molar-refractivity contribution < 1.29 is 14.3 Å². The van der Waals surface area contributed by atoms with Crippen molar-refractivity contribution in [1.29, 1.82) is 0 Å². The van der Waals surface area contributed by atoms with Crippen molar-refractivity contribution in [2.75, 3.05) is 11.9 Å². The zero-order chi connectivity index (χ0) is 15.4. The van der Waals surface area contributed by atoms with Gasteiger partial charge in [-0.05, 0) is 38.2 Å². The molecule has 0 saturated heterocycles. The van der Waals surface area contributed by atoms with Crippen LogP contribution < -0.4 is 5.32 Å². The Balaban J connectivity index is 2.05. The summed E-state index contributed by atoms with van der Waals surface area (Å²) in [5.74, 6) is 0.00992. The number of nitrogens with one attached hydrogen (secondary N) is 1. The molecule has 1 aromatic rings. The molecule has 1 aromatic heterocycles. The van der Waals surface area contributed by atoms with Gasteiger partial charge in [-0.25, -0.2) is 4.79 Å². The number of thiophene rings is 1. The molecule has 4 nitrogen and oxygen atoms in total. The zero-order valence-electron chi connectivity index (χ0n) is 13.0. The molecular weight excluding hydrogens is 286 g/mol. The minimum Gasteiger partial charge on any atom is -0.462 e. The summed E-state index contributed by atoms with van der Waals surface area (Å²) in [6.45, 7) is 5.78. The smallest absolute Gasteiger partial charge is 0.341 e. The van der Waals surface area contributed by atoms with Crippen LogP contribution >= 0.6 is 11.3 Å². The number of esters is 1. The summed E-state index contributed by atoms with van der Waals surface area (Å²) in [4.78, 5) is 24.6. The molecule has 5 heteroatoms. The molecular formula is C16H23NO3S. The Kier molecular flexibility index (Phi) is 5.39. The van der Waals surface area contributed by atoms with Crippen LogP contribution in [0, 0.1) is 19.8 Å². The van der Waals surface area contributed by atoms with Crippen LogP contribution in [0.1, 0.15) is 59.8 Å². The third-order valence-electron chi connectivity index (χ3n) is 4.05. The largest absolute Gasteiger partial charge is 0.462 e. The third kappa shape index (κ3) is 4.06. The molecule has 0 radical (unpaired) electrons. The Bertz CT molecular complexity index is 530. The molecule has 1 N–H and O–H groups in total. The molecule has 0 aromatic carbocycles. The summed E-state index contributed by atoms with van der Waals surface area (Å²) in [5, 5.41) is 3.34. The van der Waals surface area contributed by atoms with Gasteiger partial charge in [0.15, 0.2) is 0 Å². The van der Waals surface area contributed by atoms with E-state index in [2.05, 4.69) is 5.32 Å². The van der Waals surface area contributed by atoms with Crippen molar-refractivity contribution in [2.45, 2.75) is 52.9 Å². The Morgan fingerprint density at radius 1 is 1.24 bits per heavy atom. The number of carbonyl (C=O) groups is 2. The van der Waals surface area contributed by atoms with E-state index >= 15 is 0 Å². The van der Waals surface area contributed by atoms with Crippen LogP contribution in [0.25, 0.3) is 0 Å². The topological polar surface area (TPSA) is 55.4 Å². The van der Waals surface area contributed by atoms with E-state index in [1.807, 2.05) is 13.8 Å². The van der Waals surface area contributed by atoms with Crippen LogP contribution in [0.4, 0.5) is 5.00 Å². The second-order valence-corrected chi connectivity index (χ2v) is 7.00. The van der Waals surface area contributed by atoms with Gasteiger partial charge in [-0.1, -0.05) is 19.3 Å². The lowest BCUT2D eigenvalue weighted by Crippen LogP contribution is -2.18. The molecule has 21 heavy (non-hydrogen) atoms. The van der Waals surface area contributed by atoms with Crippen LogP contribution in [-0.4, -0.2) is 18.5 Å². The lowest BCUT2D eigenvalue weighted by molar-refractivity contribution is -0.114. The van der Waals surface area contributed by atoms with Crippen molar-refractivity contribution in [1.82, 2.24) is 0 Å². The molecule has 2 rings (SSSR count). The Hall–Kier alpha value is -1.36. The van der Waals surface area contributed by atoms with Gasteiger partial charge in [0.1, 0.15) is 5.00 Å². The van der Waals surface area contributed by atoms with Gasteiger partial charge < -0.3 is 10.1 Å². The van der Waals surface area contributed by atoms with Gasteiger partial charge in [-0.15, -0.1) is 11.3 Å². The van der Waals surface area contributed by atoms with Crippen LogP contribution in [-0.2, 0) is 9.53 Å². The normalized spacial score (nSPS) is 15.8. The average Bonchev–Trinajstić information content (AvgIpc) is 2.71. The maximum atomic E-state index is 12.4. The SMILES string of the molecule is CC(=O)Nc1sc(C)c(C)c1C(=O)OCC1CCCCC1.